The van der Waals surface area contributed by atoms with E-state index in [0.29, 0.717) is 0 Å². The summed E-state index contributed by atoms with van der Waals surface area (Å²) >= 11 is 0. The molecular formula is C11H16O3S. The maximum atomic E-state index is 11.2. The minimum absolute atomic E-state index is 0.153. The van der Waals surface area contributed by atoms with Gasteiger partial charge in [0.05, 0.1) is 12.0 Å². The van der Waals surface area contributed by atoms with Crippen molar-refractivity contribution in [2.45, 2.75) is 18.7 Å². The molecule has 0 aliphatic carbocycles. The molecule has 0 unspecified atom stereocenters. The first-order valence-electron chi connectivity index (χ1n) is 4.63. The van der Waals surface area contributed by atoms with E-state index >= 15 is 0 Å². The average molecular weight is 228 g/mol. The van der Waals surface area contributed by atoms with Crippen LogP contribution in [0.1, 0.15) is 19.4 Å². The number of hydrogen-bond acceptors (Lipinski definition) is 3. The Morgan fingerprint density at radius 1 is 1.20 bits per heavy atom. The van der Waals surface area contributed by atoms with Crippen LogP contribution in [0.15, 0.2) is 35.7 Å². The molecule has 0 aliphatic rings. The maximum absolute atomic E-state index is 11.2. The lowest BCUT2D eigenvalue weighted by atomic mass is 10.2. The zero-order chi connectivity index (χ0) is 11.9. The summed E-state index contributed by atoms with van der Waals surface area (Å²) in [7, 11) is -2.42. The van der Waals surface area contributed by atoms with Gasteiger partial charge in [0.25, 0.3) is 10.1 Å². The van der Waals surface area contributed by atoms with Gasteiger partial charge < -0.3 is 0 Å². The van der Waals surface area contributed by atoms with Crippen molar-refractivity contribution in [1.29, 1.82) is 0 Å². The highest BCUT2D eigenvalue weighted by molar-refractivity contribution is 7.86. The molecule has 3 nitrogen and oxygen atoms in total. The Kier molecular flexibility index (Phi) is 5.89. The minimum Gasteiger partial charge on any atom is -0.270 e. The molecule has 0 radical (unpaired) electrons. The molecule has 0 saturated heterocycles. The van der Waals surface area contributed by atoms with Gasteiger partial charge in [0.15, 0.2) is 0 Å². The van der Waals surface area contributed by atoms with Crippen LogP contribution in [0.5, 0.6) is 0 Å². The number of benzene rings is 1. The third-order valence-corrected chi connectivity index (χ3v) is 2.91. The van der Waals surface area contributed by atoms with Crippen molar-refractivity contribution in [2.24, 2.45) is 0 Å². The van der Waals surface area contributed by atoms with Crippen LogP contribution < -0.4 is 0 Å². The first kappa shape index (κ1) is 13.9. The highest BCUT2D eigenvalue weighted by Crippen LogP contribution is 2.12. The van der Waals surface area contributed by atoms with E-state index < -0.39 is 10.1 Å². The zero-order valence-electron chi connectivity index (χ0n) is 9.23. The molecule has 1 rings (SSSR count). The van der Waals surface area contributed by atoms with E-state index in [4.69, 9.17) is 0 Å². The Morgan fingerprint density at radius 3 is 2.00 bits per heavy atom. The SMILES string of the molecule is C=Cc1ccc(S(=O)(=O)OC)cc1.CC. The predicted octanol–water partition coefficient (Wildman–Crippen LogP) is 2.69. The molecule has 0 amide bonds. The van der Waals surface area contributed by atoms with E-state index in [1.165, 1.54) is 12.1 Å². The van der Waals surface area contributed by atoms with Crippen LogP contribution >= 0.6 is 0 Å². The summed E-state index contributed by atoms with van der Waals surface area (Å²) in [6.45, 7) is 7.56. The first-order chi connectivity index (χ1) is 7.10. The lowest BCUT2D eigenvalue weighted by molar-refractivity contribution is 0.398. The summed E-state index contributed by atoms with van der Waals surface area (Å²) in [5.74, 6) is 0. The van der Waals surface area contributed by atoms with E-state index in [0.717, 1.165) is 12.7 Å². The van der Waals surface area contributed by atoms with E-state index in [2.05, 4.69) is 10.8 Å². The molecule has 15 heavy (non-hydrogen) atoms. The van der Waals surface area contributed by atoms with E-state index in [9.17, 15) is 8.42 Å². The van der Waals surface area contributed by atoms with Crippen LogP contribution in [-0.2, 0) is 14.3 Å². The molecule has 0 N–H and O–H groups in total. The fourth-order valence-electron chi connectivity index (χ4n) is 0.867. The molecule has 4 heteroatoms. The third kappa shape index (κ3) is 3.85. The normalized spacial score (nSPS) is 10.1. The van der Waals surface area contributed by atoms with Crippen molar-refractivity contribution >= 4 is 16.2 Å². The van der Waals surface area contributed by atoms with Gasteiger partial charge >= 0.3 is 0 Å². The molecule has 0 aliphatic heterocycles. The summed E-state index contributed by atoms with van der Waals surface area (Å²) in [5, 5.41) is 0. The predicted molar refractivity (Wildman–Crippen MR) is 62.1 cm³/mol. The molecule has 0 fully saturated rings. The van der Waals surface area contributed by atoms with Crippen LogP contribution in [0.25, 0.3) is 6.08 Å². The molecule has 0 atom stereocenters. The molecule has 0 spiro atoms. The van der Waals surface area contributed by atoms with Crippen molar-refractivity contribution in [3.63, 3.8) is 0 Å². The molecule has 1 aromatic rings. The largest absolute Gasteiger partial charge is 0.296 e. The van der Waals surface area contributed by atoms with Crippen molar-refractivity contribution < 1.29 is 12.6 Å². The number of hydrogen-bond donors (Lipinski definition) is 0. The van der Waals surface area contributed by atoms with Gasteiger partial charge in [-0.15, -0.1) is 0 Å². The molecule has 84 valence electrons. The minimum atomic E-state index is -3.56. The van der Waals surface area contributed by atoms with E-state index in [1.54, 1.807) is 18.2 Å². The Bertz CT molecular complexity index is 390. The van der Waals surface area contributed by atoms with Gasteiger partial charge in [-0.3, -0.25) is 4.18 Å². The second-order valence-electron chi connectivity index (χ2n) is 2.39. The Labute approximate surface area is 91.5 Å². The zero-order valence-corrected chi connectivity index (χ0v) is 10.0. The second kappa shape index (κ2) is 6.37. The van der Waals surface area contributed by atoms with Gasteiger partial charge in [-0.2, -0.15) is 8.42 Å². The van der Waals surface area contributed by atoms with Crippen molar-refractivity contribution in [3.05, 3.63) is 36.4 Å². The van der Waals surface area contributed by atoms with Gasteiger partial charge in [0, 0.05) is 0 Å². The quantitative estimate of drug-likeness (QED) is 0.747. The molecular weight excluding hydrogens is 212 g/mol. The highest BCUT2D eigenvalue weighted by Gasteiger charge is 2.11. The maximum Gasteiger partial charge on any atom is 0.296 e. The van der Waals surface area contributed by atoms with Crippen molar-refractivity contribution in [1.82, 2.24) is 0 Å². The standard InChI is InChI=1S/C9H10O3S.C2H6/c1-3-8-4-6-9(7-5-8)13(10,11)12-2;1-2/h3-7H,1H2,2H3;1-2H3. The summed E-state index contributed by atoms with van der Waals surface area (Å²) in [6, 6.07) is 6.30. The second-order valence-corrected chi connectivity index (χ2v) is 4.11. The third-order valence-electron chi connectivity index (χ3n) is 1.62. The first-order valence-corrected chi connectivity index (χ1v) is 6.04. The molecule has 0 heterocycles. The average Bonchev–Trinajstić information content (AvgIpc) is 2.32. The van der Waals surface area contributed by atoms with Crippen LogP contribution in [0.2, 0.25) is 0 Å². The van der Waals surface area contributed by atoms with Gasteiger partial charge in [-0.1, -0.05) is 38.6 Å². The van der Waals surface area contributed by atoms with Crippen LogP contribution in [-0.4, -0.2) is 15.5 Å². The molecule has 0 bridgehead atoms. The fraction of sp³-hybridized carbons (Fsp3) is 0.273. The van der Waals surface area contributed by atoms with Crippen LogP contribution in [0.4, 0.5) is 0 Å². The summed E-state index contributed by atoms with van der Waals surface area (Å²) in [4.78, 5) is 0.153. The van der Waals surface area contributed by atoms with E-state index in [-0.39, 0.29) is 4.90 Å². The van der Waals surface area contributed by atoms with Crippen LogP contribution in [0.3, 0.4) is 0 Å². The summed E-state index contributed by atoms with van der Waals surface area (Å²) in [5.41, 5.74) is 0.870. The number of rotatable bonds is 3. The van der Waals surface area contributed by atoms with E-state index in [1.807, 2.05) is 13.8 Å². The van der Waals surface area contributed by atoms with Crippen molar-refractivity contribution in [3.8, 4) is 0 Å². The van der Waals surface area contributed by atoms with Gasteiger partial charge in [-0.25, -0.2) is 0 Å². The smallest absolute Gasteiger partial charge is 0.270 e. The summed E-state index contributed by atoms with van der Waals surface area (Å²) < 4.78 is 26.6. The lowest BCUT2D eigenvalue weighted by Crippen LogP contribution is -2.02. The Balaban J connectivity index is 0.000000921. The van der Waals surface area contributed by atoms with Crippen molar-refractivity contribution in [2.75, 3.05) is 7.11 Å². The molecule has 1 aromatic carbocycles. The monoisotopic (exact) mass is 228 g/mol. The van der Waals surface area contributed by atoms with Gasteiger partial charge in [-0.05, 0) is 17.7 Å². The van der Waals surface area contributed by atoms with Gasteiger partial charge in [0.2, 0.25) is 0 Å². The van der Waals surface area contributed by atoms with Crippen LogP contribution in [0, 0.1) is 0 Å². The Hall–Kier alpha value is -1.13. The highest BCUT2D eigenvalue weighted by atomic mass is 32.2. The Morgan fingerprint density at radius 2 is 1.67 bits per heavy atom. The van der Waals surface area contributed by atoms with Gasteiger partial charge in [0.1, 0.15) is 0 Å². The molecule has 0 saturated carbocycles. The fourth-order valence-corrected chi connectivity index (χ4v) is 1.53. The molecule has 0 aromatic heterocycles. The lowest BCUT2D eigenvalue weighted by Gasteiger charge is -2.00. The summed E-state index contributed by atoms with van der Waals surface area (Å²) in [6.07, 6.45) is 1.64. The topological polar surface area (TPSA) is 43.4 Å².